The molecule has 3 nitrogen and oxygen atoms in total. The average molecular weight is 185 g/mol. The van der Waals surface area contributed by atoms with Crippen LogP contribution in [0.1, 0.15) is 18.4 Å². The number of rotatable bonds is 2. The molecule has 0 spiro atoms. The highest BCUT2D eigenvalue weighted by molar-refractivity contribution is 5.47. The zero-order valence-electron chi connectivity index (χ0n) is 7.29. The molecule has 0 aromatic heterocycles. The van der Waals surface area contributed by atoms with Gasteiger partial charge in [0.05, 0.1) is 0 Å². The van der Waals surface area contributed by atoms with Gasteiger partial charge >= 0.3 is 0 Å². The maximum absolute atomic E-state index is 12.7. The van der Waals surface area contributed by atoms with Crippen molar-refractivity contribution >= 4 is 0 Å². The summed E-state index contributed by atoms with van der Waals surface area (Å²) in [7, 11) is 0. The Balaban J connectivity index is 3.18. The first-order chi connectivity index (χ1) is 6.07. The summed E-state index contributed by atoms with van der Waals surface area (Å²) in [5, 5.41) is 18.4. The van der Waals surface area contributed by atoms with E-state index in [2.05, 4.69) is 0 Å². The highest BCUT2D eigenvalue weighted by atomic mass is 19.1. The van der Waals surface area contributed by atoms with Gasteiger partial charge in [0.2, 0.25) is 0 Å². The standard InChI is InChI=1S/C9H12FNO2/c1-5(4-11)6-2-3-7(10)9(13)8(6)12/h2-3,5,12-13H,4,11H2,1H3. The number of aromatic hydroxyl groups is 2. The van der Waals surface area contributed by atoms with Crippen molar-refractivity contribution in [2.75, 3.05) is 6.54 Å². The van der Waals surface area contributed by atoms with Crippen LogP contribution in [-0.4, -0.2) is 16.8 Å². The summed E-state index contributed by atoms with van der Waals surface area (Å²) in [5.41, 5.74) is 5.83. The summed E-state index contributed by atoms with van der Waals surface area (Å²) in [6.07, 6.45) is 0. The quantitative estimate of drug-likeness (QED) is 0.608. The molecule has 4 heteroatoms. The first-order valence-corrected chi connectivity index (χ1v) is 3.98. The van der Waals surface area contributed by atoms with Crippen molar-refractivity contribution < 1.29 is 14.6 Å². The number of phenolic OH excluding ortho intramolecular Hbond substituents is 2. The molecule has 0 aliphatic heterocycles. The summed E-state index contributed by atoms with van der Waals surface area (Å²) in [6, 6.07) is 2.53. The molecule has 1 aromatic rings. The zero-order chi connectivity index (χ0) is 10.0. The second kappa shape index (κ2) is 3.62. The fourth-order valence-corrected chi connectivity index (χ4v) is 1.10. The lowest BCUT2D eigenvalue weighted by molar-refractivity contribution is 0.373. The molecule has 0 bridgehead atoms. The molecule has 1 atom stereocenters. The molecular formula is C9H12FNO2. The lowest BCUT2D eigenvalue weighted by atomic mass is 10.00. The SMILES string of the molecule is CC(CN)c1ccc(F)c(O)c1O. The maximum atomic E-state index is 12.7. The van der Waals surface area contributed by atoms with Crippen molar-refractivity contribution in [3.8, 4) is 11.5 Å². The van der Waals surface area contributed by atoms with Gasteiger partial charge in [-0.2, -0.15) is 0 Å². The van der Waals surface area contributed by atoms with Gasteiger partial charge in [-0.15, -0.1) is 0 Å². The van der Waals surface area contributed by atoms with E-state index in [0.29, 0.717) is 12.1 Å². The molecule has 0 heterocycles. The molecule has 13 heavy (non-hydrogen) atoms. The summed E-state index contributed by atoms with van der Waals surface area (Å²) in [6.45, 7) is 2.12. The first-order valence-electron chi connectivity index (χ1n) is 3.98. The number of phenols is 2. The number of hydrogen-bond acceptors (Lipinski definition) is 3. The van der Waals surface area contributed by atoms with Crippen LogP contribution in [0.2, 0.25) is 0 Å². The molecule has 0 fully saturated rings. The third kappa shape index (κ3) is 1.72. The number of halogens is 1. The van der Waals surface area contributed by atoms with E-state index in [0.717, 1.165) is 6.07 Å². The fourth-order valence-electron chi connectivity index (χ4n) is 1.10. The molecule has 0 aliphatic carbocycles. The number of benzene rings is 1. The molecule has 0 radical (unpaired) electrons. The molecule has 1 unspecified atom stereocenters. The highest BCUT2D eigenvalue weighted by Gasteiger charge is 2.15. The van der Waals surface area contributed by atoms with Crippen molar-refractivity contribution in [3.05, 3.63) is 23.5 Å². The Morgan fingerprint density at radius 3 is 2.54 bits per heavy atom. The molecule has 0 amide bonds. The molecule has 0 aliphatic rings. The topological polar surface area (TPSA) is 66.5 Å². The summed E-state index contributed by atoms with van der Waals surface area (Å²) < 4.78 is 12.7. The van der Waals surface area contributed by atoms with E-state index in [9.17, 15) is 9.50 Å². The average Bonchev–Trinajstić information content (AvgIpc) is 2.13. The Bertz CT molecular complexity index is 315. The van der Waals surface area contributed by atoms with Gasteiger partial charge in [0, 0.05) is 5.56 Å². The van der Waals surface area contributed by atoms with E-state index < -0.39 is 17.3 Å². The molecule has 0 saturated carbocycles. The normalized spacial score (nSPS) is 12.8. The molecular weight excluding hydrogens is 173 g/mol. The van der Waals surface area contributed by atoms with Gasteiger partial charge in [0.1, 0.15) is 0 Å². The minimum Gasteiger partial charge on any atom is -0.504 e. The van der Waals surface area contributed by atoms with Crippen LogP contribution in [0.15, 0.2) is 12.1 Å². The molecule has 1 aromatic carbocycles. The Morgan fingerprint density at radius 1 is 1.38 bits per heavy atom. The van der Waals surface area contributed by atoms with Crippen LogP contribution in [0.25, 0.3) is 0 Å². The smallest absolute Gasteiger partial charge is 0.194 e. The zero-order valence-corrected chi connectivity index (χ0v) is 7.29. The predicted molar refractivity (Wildman–Crippen MR) is 47.2 cm³/mol. The van der Waals surface area contributed by atoms with Gasteiger partial charge in [-0.1, -0.05) is 13.0 Å². The van der Waals surface area contributed by atoms with Crippen molar-refractivity contribution in [3.63, 3.8) is 0 Å². The van der Waals surface area contributed by atoms with Crippen molar-refractivity contribution in [1.82, 2.24) is 0 Å². The van der Waals surface area contributed by atoms with E-state index in [1.54, 1.807) is 6.92 Å². The van der Waals surface area contributed by atoms with E-state index in [-0.39, 0.29) is 5.92 Å². The van der Waals surface area contributed by atoms with E-state index in [4.69, 9.17) is 10.8 Å². The van der Waals surface area contributed by atoms with Crippen LogP contribution in [0.3, 0.4) is 0 Å². The van der Waals surface area contributed by atoms with Gasteiger partial charge in [-0.3, -0.25) is 0 Å². The van der Waals surface area contributed by atoms with Crippen LogP contribution in [-0.2, 0) is 0 Å². The van der Waals surface area contributed by atoms with Crippen LogP contribution in [0, 0.1) is 5.82 Å². The van der Waals surface area contributed by atoms with E-state index in [1.807, 2.05) is 0 Å². The Labute approximate surface area is 75.6 Å². The van der Waals surface area contributed by atoms with Gasteiger partial charge in [-0.25, -0.2) is 4.39 Å². The number of nitrogens with two attached hydrogens (primary N) is 1. The molecule has 72 valence electrons. The van der Waals surface area contributed by atoms with Gasteiger partial charge in [0.25, 0.3) is 0 Å². The first kappa shape index (κ1) is 9.80. The third-order valence-corrected chi connectivity index (χ3v) is 2.02. The summed E-state index contributed by atoms with van der Waals surface area (Å²) in [4.78, 5) is 0. The van der Waals surface area contributed by atoms with Crippen molar-refractivity contribution in [2.24, 2.45) is 5.73 Å². The van der Waals surface area contributed by atoms with Crippen molar-refractivity contribution in [1.29, 1.82) is 0 Å². The minimum absolute atomic E-state index is 0.105. The molecule has 4 N–H and O–H groups in total. The van der Waals surface area contributed by atoms with E-state index >= 15 is 0 Å². The monoisotopic (exact) mass is 185 g/mol. The third-order valence-electron chi connectivity index (χ3n) is 2.02. The van der Waals surface area contributed by atoms with Crippen LogP contribution in [0.5, 0.6) is 11.5 Å². The van der Waals surface area contributed by atoms with Crippen LogP contribution in [0.4, 0.5) is 4.39 Å². The molecule has 1 rings (SSSR count). The Morgan fingerprint density at radius 2 is 2.00 bits per heavy atom. The Hall–Kier alpha value is -1.29. The summed E-state index contributed by atoms with van der Waals surface area (Å²) >= 11 is 0. The summed E-state index contributed by atoms with van der Waals surface area (Å²) in [5.74, 6) is -2.06. The van der Waals surface area contributed by atoms with Gasteiger partial charge < -0.3 is 15.9 Å². The second-order valence-corrected chi connectivity index (χ2v) is 2.97. The lowest BCUT2D eigenvalue weighted by Gasteiger charge is -2.11. The van der Waals surface area contributed by atoms with E-state index in [1.165, 1.54) is 6.07 Å². The van der Waals surface area contributed by atoms with Gasteiger partial charge in [0.15, 0.2) is 17.3 Å². The second-order valence-electron chi connectivity index (χ2n) is 2.97. The maximum Gasteiger partial charge on any atom is 0.194 e. The van der Waals surface area contributed by atoms with Crippen LogP contribution < -0.4 is 5.73 Å². The largest absolute Gasteiger partial charge is 0.504 e. The predicted octanol–water partition coefficient (Wildman–Crippen LogP) is 1.30. The minimum atomic E-state index is -0.828. The van der Waals surface area contributed by atoms with Crippen LogP contribution >= 0.6 is 0 Å². The number of hydrogen-bond donors (Lipinski definition) is 3. The Kier molecular flexibility index (Phi) is 2.72. The highest BCUT2D eigenvalue weighted by Crippen LogP contribution is 2.35. The fraction of sp³-hybridized carbons (Fsp3) is 0.333. The van der Waals surface area contributed by atoms with Gasteiger partial charge in [-0.05, 0) is 18.5 Å². The molecule has 0 saturated heterocycles. The lowest BCUT2D eigenvalue weighted by Crippen LogP contribution is -2.09. The van der Waals surface area contributed by atoms with Crippen molar-refractivity contribution in [2.45, 2.75) is 12.8 Å².